The predicted octanol–water partition coefficient (Wildman–Crippen LogP) is 23.0. The molecule has 0 amide bonds. The molecule has 0 fully saturated rings. The summed E-state index contributed by atoms with van der Waals surface area (Å²) < 4.78 is 59.0. The summed E-state index contributed by atoms with van der Waals surface area (Å²) in [4.78, 5) is 0. The van der Waals surface area contributed by atoms with Gasteiger partial charge in [-0.2, -0.15) is 21.0 Å². The van der Waals surface area contributed by atoms with E-state index in [-0.39, 0.29) is 50.8 Å². The molecule has 0 spiro atoms. The highest BCUT2D eigenvalue weighted by Crippen LogP contribution is 2.62. The SMILES string of the molecule is CCCCCCCC1c2cc3c4c(-c5ccc(C#N)cc5)c2OCOc2c1cc1c(c2-c2ccc(C#N)cc2)OCOc2c(cc5c(c2-c2ccc(C#N)cc2)OCOc2c(cc(c(c2-c2ccc(C#N)cc2)OCO4)C3CCCCCCC)C5CCCCCCC)C1CCCCCCC. The largest absolute Gasteiger partial charge is 0.456 e. The van der Waals surface area contributed by atoms with Crippen LogP contribution in [0.2, 0.25) is 0 Å². The van der Waals surface area contributed by atoms with E-state index in [1.165, 1.54) is 0 Å². The normalized spacial score (nSPS) is 16.4. The zero-order valence-corrected chi connectivity index (χ0v) is 58.7. The molecular formula is C88H92N4O8. The van der Waals surface area contributed by atoms with E-state index in [0.717, 1.165) is 243 Å². The van der Waals surface area contributed by atoms with Crippen LogP contribution >= 0.6 is 0 Å². The van der Waals surface area contributed by atoms with Crippen LogP contribution in [0, 0.1) is 45.3 Å². The number of benzene rings is 8. The summed E-state index contributed by atoms with van der Waals surface area (Å²) in [5, 5.41) is 41.4. The first kappa shape index (κ1) is 68.6. The minimum atomic E-state index is -0.328. The summed E-state index contributed by atoms with van der Waals surface area (Å²) in [7, 11) is 0. The van der Waals surface area contributed by atoms with Gasteiger partial charge in [-0.05, 0) is 121 Å². The van der Waals surface area contributed by atoms with E-state index in [0.29, 0.717) is 68.2 Å². The third-order valence-electron chi connectivity index (χ3n) is 21.4. The maximum Gasteiger partial charge on any atom is 0.230 e. The van der Waals surface area contributed by atoms with Crippen molar-refractivity contribution >= 4 is 0 Å². The van der Waals surface area contributed by atoms with Gasteiger partial charge in [0.1, 0.15) is 46.0 Å². The number of ether oxygens (including phenoxy) is 8. The Kier molecular flexibility index (Phi) is 22.2. The van der Waals surface area contributed by atoms with E-state index in [1.807, 2.05) is 97.1 Å². The van der Waals surface area contributed by atoms with Crippen LogP contribution in [0.3, 0.4) is 0 Å². The lowest BCUT2D eigenvalue weighted by molar-refractivity contribution is 0.101. The first-order chi connectivity index (χ1) is 49.3. The molecule has 0 saturated carbocycles. The first-order valence-corrected chi connectivity index (χ1v) is 37.2. The Balaban J connectivity index is 1.24. The van der Waals surface area contributed by atoms with Gasteiger partial charge < -0.3 is 37.9 Å². The summed E-state index contributed by atoms with van der Waals surface area (Å²) in [5.74, 6) is 3.93. The van der Waals surface area contributed by atoms with Crippen LogP contribution in [0.15, 0.2) is 121 Å². The van der Waals surface area contributed by atoms with Gasteiger partial charge in [0.15, 0.2) is 0 Å². The fourth-order valence-corrected chi connectivity index (χ4v) is 16.3. The van der Waals surface area contributed by atoms with Crippen molar-refractivity contribution in [3.63, 3.8) is 0 Å². The minimum Gasteiger partial charge on any atom is -0.456 e. The number of rotatable bonds is 28. The van der Waals surface area contributed by atoms with Crippen molar-refractivity contribution in [3.05, 3.63) is 188 Å². The molecule has 0 N–H and O–H groups in total. The molecule has 0 radical (unpaired) electrons. The molecule has 0 aromatic heterocycles. The molecule has 12 nitrogen and oxygen atoms in total. The molecule has 0 unspecified atom stereocenters. The lowest BCUT2D eigenvalue weighted by atomic mass is 9.73. The molecule has 1 aliphatic carbocycles. The topological polar surface area (TPSA) is 169 Å². The van der Waals surface area contributed by atoms with Crippen LogP contribution in [0.25, 0.3) is 44.5 Å². The lowest BCUT2D eigenvalue weighted by Crippen LogP contribution is -2.24. The Hall–Kier alpha value is -9.88. The Bertz CT molecular complexity index is 3710. The van der Waals surface area contributed by atoms with E-state index in [1.54, 1.807) is 0 Å². The van der Waals surface area contributed by atoms with Crippen molar-refractivity contribution in [2.24, 2.45) is 0 Å². The Morgan fingerprint density at radius 1 is 0.250 bits per heavy atom. The molecule has 12 heteroatoms. The third kappa shape index (κ3) is 14.1. The highest BCUT2D eigenvalue weighted by Gasteiger charge is 2.43. The summed E-state index contributed by atoms with van der Waals surface area (Å²) in [6.45, 7) is 8.36. The van der Waals surface area contributed by atoms with Crippen molar-refractivity contribution in [1.82, 2.24) is 0 Å². The molecule has 5 aliphatic rings. The van der Waals surface area contributed by atoms with E-state index < -0.39 is 0 Å². The van der Waals surface area contributed by atoms with Crippen molar-refractivity contribution in [2.45, 2.75) is 205 Å². The van der Waals surface area contributed by atoms with Gasteiger partial charge in [-0.25, -0.2) is 0 Å². The molecule has 13 rings (SSSR count). The van der Waals surface area contributed by atoms with E-state index in [4.69, 9.17) is 37.9 Å². The summed E-state index contributed by atoms with van der Waals surface area (Å²) >= 11 is 0. The Morgan fingerprint density at radius 2 is 0.420 bits per heavy atom. The number of unbranched alkanes of at least 4 members (excludes halogenated alkanes) is 16. The Labute approximate surface area is 591 Å². The lowest BCUT2D eigenvalue weighted by Gasteiger charge is -2.38. The average Bonchev–Trinajstić information content (AvgIpc) is 0.718. The second-order valence-electron chi connectivity index (χ2n) is 27.8. The smallest absolute Gasteiger partial charge is 0.230 e. The Morgan fingerprint density at radius 3 is 0.580 bits per heavy atom. The highest BCUT2D eigenvalue weighted by molar-refractivity contribution is 5.89. The van der Waals surface area contributed by atoms with Gasteiger partial charge in [0.05, 0.1) is 68.8 Å². The number of hydrogen-bond donors (Lipinski definition) is 0. The number of hydrogen-bond acceptors (Lipinski definition) is 12. The molecule has 4 aliphatic heterocycles. The molecular weight excluding hydrogens is 1240 g/mol. The summed E-state index contributed by atoms with van der Waals surface area (Å²) in [5.41, 5.74) is 16.7. The molecule has 512 valence electrons. The molecule has 8 aromatic rings. The van der Waals surface area contributed by atoms with Crippen LogP contribution in [0.5, 0.6) is 46.0 Å². The van der Waals surface area contributed by atoms with Gasteiger partial charge >= 0.3 is 0 Å². The first-order valence-electron chi connectivity index (χ1n) is 37.2. The van der Waals surface area contributed by atoms with Crippen LogP contribution in [0.4, 0.5) is 0 Å². The zero-order chi connectivity index (χ0) is 68.9. The molecule has 0 atom stereocenters. The highest BCUT2D eigenvalue weighted by atomic mass is 16.7. The number of nitriles is 4. The standard InChI is InChI=1S/C88H92N4O8/c1-5-9-13-17-21-25-65-69-45-71-66(26-22-18-14-10-6-2)73-47-75-68(28-24-20-16-12-8-4)76-48-74-67(27-23-19-15-11-7-3)72-46-70(65)82-78(62-39-31-58(50-90)32-40-62)84(72)96-55-98-86(74)80(64-43-35-60(52-92)36-44-64)88(76)100-56-99-87(75)79(63-41-33-59(51-91)34-42-63)85(73)97-54-95-83(71)77(81(69)93-53-94-82)61-37-29-57(49-89)30-38-61/h29-48,65-68H,5-28,53-56H2,1-4H3. The van der Waals surface area contributed by atoms with Gasteiger partial charge in [-0.1, -0.05) is 205 Å². The fourth-order valence-electron chi connectivity index (χ4n) is 16.3. The van der Waals surface area contributed by atoms with Crippen molar-refractivity contribution in [1.29, 1.82) is 21.0 Å². The van der Waals surface area contributed by atoms with Crippen molar-refractivity contribution in [3.8, 4) is 115 Å². The van der Waals surface area contributed by atoms with Gasteiger partial charge in [0.25, 0.3) is 0 Å². The average molecular weight is 1330 g/mol. The van der Waals surface area contributed by atoms with Crippen molar-refractivity contribution < 1.29 is 37.9 Å². The van der Waals surface area contributed by atoms with Crippen molar-refractivity contribution in [2.75, 3.05) is 27.2 Å². The summed E-state index contributed by atoms with van der Waals surface area (Å²) in [6.07, 6.45) is 24.1. The third-order valence-corrected chi connectivity index (χ3v) is 21.4. The minimum absolute atomic E-state index is 0.173. The molecule has 4 heterocycles. The van der Waals surface area contributed by atoms with Gasteiger partial charge in [0.2, 0.25) is 27.2 Å². The number of nitrogens with zero attached hydrogens (tertiary/aromatic N) is 4. The maximum atomic E-state index is 10.4. The second-order valence-corrected chi connectivity index (χ2v) is 27.8. The fraction of sp³-hybridized carbons (Fsp3) is 0.409. The van der Waals surface area contributed by atoms with Gasteiger partial charge in [-0.15, -0.1) is 0 Å². The van der Waals surface area contributed by atoms with Crippen LogP contribution in [-0.2, 0) is 0 Å². The molecule has 0 saturated heterocycles. The van der Waals surface area contributed by atoms with Gasteiger partial charge in [-0.3, -0.25) is 0 Å². The molecule has 8 aromatic carbocycles. The van der Waals surface area contributed by atoms with Gasteiger partial charge in [0, 0.05) is 68.2 Å². The van der Waals surface area contributed by atoms with E-state index in [9.17, 15) is 21.0 Å². The summed E-state index contributed by atoms with van der Waals surface area (Å²) in [6, 6.07) is 50.5. The quantitative estimate of drug-likeness (QED) is 0.0426. The maximum absolute atomic E-state index is 10.4. The van der Waals surface area contributed by atoms with Crippen LogP contribution < -0.4 is 37.9 Å². The van der Waals surface area contributed by atoms with E-state index >= 15 is 0 Å². The molecule has 100 heavy (non-hydrogen) atoms. The van der Waals surface area contributed by atoms with Crippen LogP contribution in [0.1, 0.15) is 272 Å². The zero-order valence-electron chi connectivity index (χ0n) is 58.7. The molecule has 8 bridgehead atoms. The van der Waals surface area contributed by atoms with E-state index in [2.05, 4.69) is 76.2 Å². The monoisotopic (exact) mass is 1330 g/mol. The van der Waals surface area contributed by atoms with Crippen LogP contribution in [-0.4, -0.2) is 27.2 Å². The predicted molar refractivity (Wildman–Crippen MR) is 392 cm³/mol. The second kappa shape index (κ2) is 32.4.